The maximum atomic E-state index is 13.0. The number of alkyl carbamates (subject to hydrolysis) is 1. The molecule has 0 radical (unpaired) electrons. The van der Waals surface area contributed by atoms with Gasteiger partial charge in [0.25, 0.3) is 0 Å². The van der Waals surface area contributed by atoms with E-state index in [1.165, 1.54) is 0 Å². The zero-order chi connectivity index (χ0) is 25.8. The molecule has 0 spiro atoms. The third kappa shape index (κ3) is 6.21. The Morgan fingerprint density at radius 3 is 2.00 bits per heavy atom. The van der Waals surface area contributed by atoms with Gasteiger partial charge in [0, 0.05) is 5.92 Å². The topological polar surface area (TPSA) is 105 Å². The summed E-state index contributed by atoms with van der Waals surface area (Å²) in [7, 11) is 0. The number of nitrogens with one attached hydrogen (secondary N) is 2. The van der Waals surface area contributed by atoms with Crippen LogP contribution in [0.5, 0.6) is 0 Å². The Hall–Kier alpha value is -3.35. The molecule has 0 saturated carbocycles. The third-order valence-electron chi connectivity index (χ3n) is 6.72. The molecule has 2 amide bonds. The summed E-state index contributed by atoms with van der Waals surface area (Å²) in [6.07, 6.45) is 0.490. The number of benzene rings is 2. The average molecular weight is 481 g/mol. The van der Waals surface area contributed by atoms with Crippen molar-refractivity contribution in [3.8, 4) is 11.1 Å². The number of ether oxygens (including phenoxy) is 1. The number of fused-ring (bicyclic) bond motifs is 3. The molecule has 0 aromatic heterocycles. The van der Waals surface area contributed by atoms with E-state index in [1.54, 1.807) is 13.8 Å². The van der Waals surface area contributed by atoms with Crippen LogP contribution in [0.1, 0.15) is 70.9 Å². The first-order valence-corrected chi connectivity index (χ1v) is 12.1. The number of hydrogen-bond donors (Lipinski definition) is 3. The second kappa shape index (κ2) is 10.5. The van der Waals surface area contributed by atoms with Gasteiger partial charge in [-0.1, -0.05) is 76.2 Å². The molecule has 0 heterocycles. The quantitative estimate of drug-likeness (QED) is 0.464. The van der Waals surface area contributed by atoms with E-state index in [1.807, 2.05) is 57.2 Å². The molecule has 0 bridgehead atoms. The van der Waals surface area contributed by atoms with Gasteiger partial charge in [0.1, 0.15) is 18.2 Å². The number of amides is 2. The Kier molecular flexibility index (Phi) is 7.88. The van der Waals surface area contributed by atoms with Crippen LogP contribution in [0.4, 0.5) is 4.79 Å². The van der Waals surface area contributed by atoms with Crippen LogP contribution in [0, 0.1) is 5.41 Å². The highest BCUT2D eigenvalue weighted by Crippen LogP contribution is 2.44. The largest absolute Gasteiger partial charge is 0.480 e. The number of carbonyl (C=O) groups excluding carboxylic acids is 2. The summed E-state index contributed by atoms with van der Waals surface area (Å²) in [4.78, 5) is 37.5. The Bertz CT molecular complexity index is 1050. The molecular weight excluding hydrogens is 444 g/mol. The molecule has 3 N–H and O–H groups in total. The maximum absolute atomic E-state index is 13.0. The van der Waals surface area contributed by atoms with Crippen LogP contribution in [-0.4, -0.2) is 41.3 Å². The molecule has 2 unspecified atom stereocenters. The van der Waals surface area contributed by atoms with E-state index in [0.717, 1.165) is 22.3 Å². The lowest BCUT2D eigenvalue weighted by molar-refractivity contribution is -0.143. The minimum Gasteiger partial charge on any atom is -0.480 e. The fraction of sp³-hybridized carbons (Fsp3) is 0.464. The van der Waals surface area contributed by atoms with Crippen LogP contribution < -0.4 is 10.6 Å². The Morgan fingerprint density at radius 1 is 0.971 bits per heavy atom. The number of rotatable bonds is 9. The molecule has 2 aromatic rings. The Labute approximate surface area is 207 Å². The zero-order valence-corrected chi connectivity index (χ0v) is 21.2. The van der Waals surface area contributed by atoms with E-state index in [-0.39, 0.29) is 24.4 Å². The Balaban J connectivity index is 1.65. The number of hydrogen-bond acceptors (Lipinski definition) is 4. The molecule has 1 aliphatic rings. The van der Waals surface area contributed by atoms with Crippen LogP contribution in [0.25, 0.3) is 11.1 Å². The SMILES string of the molecule is CCC(C)(NC(=O)OCC1c2ccccc2-c2ccccc21)C(=O)NC(CCC(C)(C)C)C(=O)O. The molecule has 2 aromatic carbocycles. The summed E-state index contributed by atoms with van der Waals surface area (Å²) >= 11 is 0. The van der Waals surface area contributed by atoms with Crippen molar-refractivity contribution in [2.75, 3.05) is 6.61 Å². The number of carboxylic acid groups (broad SMARTS) is 1. The molecule has 3 rings (SSSR count). The fourth-order valence-electron chi connectivity index (χ4n) is 4.32. The lowest BCUT2D eigenvalue weighted by atomic mass is 9.88. The van der Waals surface area contributed by atoms with Crippen molar-refractivity contribution in [2.45, 2.75) is 71.4 Å². The van der Waals surface area contributed by atoms with E-state index in [2.05, 4.69) is 22.8 Å². The first-order chi connectivity index (χ1) is 16.4. The standard InChI is InChI=1S/C28H36N2O5/c1-6-28(5,25(33)29-23(24(31)32)15-16-27(2,3)4)30-26(34)35-17-22-20-13-9-7-11-18(20)19-12-8-10-14-21(19)22/h7-14,22-23H,6,15-17H2,1-5H3,(H,29,33)(H,30,34)(H,31,32). The Morgan fingerprint density at radius 2 is 1.51 bits per heavy atom. The van der Waals surface area contributed by atoms with Crippen molar-refractivity contribution in [1.82, 2.24) is 10.6 Å². The van der Waals surface area contributed by atoms with E-state index in [0.29, 0.717) is 12.8 Å². The highest BCUT2D eigenvalue weighted by Gasteiger charge is 2.37. The fourth-order valence-corrected chi connectivity index (χ4v) is 4.32. The maximum Gasteiger partial charge on any atom is 0.408 e. The molecular formula is C28H36N2O5. The molecule has 2 atom stereocenters. The van der Waals surface area contributed by atoms with Crippen LogP contribution in [0.15, 0.2) is 48.5 Å². The molecule has 7 nitrogen and oxygen atoms in total. The summed E-state index contributed by atoms with van der Waals surface area (Å²) < 4.78 is 5.59. The smallest absolute Gasteiger partial charge is 0.408 e. The van der Waals surface area contributed by atoms with E-state index in [4.69, 9.17) is 4.74 Å². The van der Waals surface area contributed by atoms with Gasteiger partial charge in [-0.25, -0.2) is 9.59 Å². The predicted molar refractivity (Wildman–Crippen MR) is 135 cm³/mol. The van der Waals surface area contributed by atoms with Crippen molar-refractivity contribution in [2.24, 2.45) is 5.41 Å². The van der Waals surface area contributed by atoms with Gasteiger partial charge in [0.15, 0.2) is 0 Å². The van der Waals surface area contributed by atoms with E-state index in [9.17, 15) is 19.5 Å². The van der Waals surface area contributed by atoms with Crippen molar-refractivity contribution < 1.29 is 24.2 Å². The summed E-state index contributed by atoms with van der Waals surface area (Å²) in [5.41, 5.74) is 3.08. The zero-order valence-electron chi connectivity index (χ0n) is 21.2. The van der Waals surface area contributed by atoms with Gasteiger partial charge < -0.3 is 20.5 Å². The molecule has 7 heteroatoms. The average Bonchev–Trinajstić information content (AvgIpc) is 3.13. The van der Waals surface area contributed by atoms with Crippen molar-refractivity contribution in [3.05, 3.63) is 59.7 Å². The first kappa shape index (κ1) is 26.3. The monoisotopic (exact) mass is 480 g/mol. The molecule has 1 aliphatic carbocycles. The van der Waals surface area contributed by atoms with Gasteiger partial charge in [-0.3, -0.25) is 4.79 Å². The lowest BCUT2D eigenvalue weighted by Gasteiger charge is -2.30. The van der Waals surface area contributed by atoms with Crippen LogP contribution in [0.3, 0.4) is 0 Å². The van der Waals surface area contributed by atoms with Gasteiger partial charge in [-0.05, 0) is 53.9 Å². The number of aliphatic carboxylic acids is 1. The van der Waals surface area contributed by atoms with Gasteiger partial charge in [-0.15, -0.1) is 0 Å². The second-order valence-corrected chi connectivity index (χ2v) is 10.6. The summed E-state index contributed by atoms with van der Waals surface area (Å²) in [6.45, 7) is 9.51. The normalized spacial score (nSPS) is 15.3. The van der Waals surface area contributed by atoms with Crippen LogP contribution >= 0.6 is 0 Å². The highest BCUT2D eigenvalue weighted by atomic mass is 16.5. The number of carbonyl (C=O) groups is 3. The van der Waals surface area contributed by atoms with Gasteiger partial charge in [0.2, 0.25) is 5.91 Å². The van der Waals surface area contributed by atoms with E-state index >= 15 is 0 Å². The van der Waals surface area contributed by atoms with Gasteiger partial charge in [-0.2, -0.15) is 0 Å². The minimum atomic E-state index is -1.31. The molecule has 188 valence electrons. The van der Waals surface area contributed by atoms with E-state index < -0.39 is 29.6 Å². The van der Waals surface area contributed by atoms with Crippen molar-refractivity contribution in [3.63, 3.8) is 0 Å². The second-order valence-electron chi connectivity index (χ2n) is 10.6. The highest BCUT2D eigenvalue weighted by molar-refractivity contribution is 5.92. The summed E-state index contributed by atoms with van der Waals surface area (Å²) in [5.74, 6) is -1.74. The molecule has 0 saturated heterocycles. The first-order valence-electron chi connectivity index (χ1n) is 12.1. The van der Waals surface area contributed by atoms with Gasteiger partial charge >= 0.3 is 12.1 Å². The van der Waals surface area contributed by atoms with Crippen LogP contribution in [0.2, 0.25) is 0 Å². The van der Waals surface area contributed by atoms with Crippen molar-refractivity contribution >= 4 is 18.0 Å². The molecule has 35 heavy (non-hydrogen) atoms. The summed E-state index contributed by atoms with van der Waals surface area (Å²) in [5, 5.41) is 14.8. The van der Waals surface area contributed by atoms with Gasteiger partial charge in [0.05, 0.1) is 0 Å². The van der Waals surface area contributed by atoms with Crippen molar-refractivity contribution in [1.29, 1.82) is 0 Å². The molecule has 0 aliphatic heterocycles. The van der Waals surface area contributed by atoms with Crippen LogP contribution in [-0.2, 0) is 14.3 Å². The summed E-state index contributed by atoms with van der Waals surface area (Å²) in [6, 6.07) is 15.1. The minimum absolute atomic E-state index is 0.0635. The number of carboxylic acids is 1. The predicted octanol–water partition coefficient (Wildman–Crippen LogP) is 5.09. The molecule has 0 fully saturated rings. The third-order valence-corrected chi connectivity index (χ3v) is 6.72. The lowest BCUT2D eigenvalue weighted by Crippen LogP contribution is -2.59.